The highest BCUT2D eigenvalue weighted by molar-refractivity contribution is 6.35. The lowest BCUT2D eigenvalue weighted by Crippen LogP contribution is -1.97. The molecule has 0 fully saturated rings. The lowest BCUT2D eigenvalue weighted by molar-refractivity contribution is 0.584. The van der Waals surface area contributed by atoms with Crippen LogP contribution >= 0.6 is 11.6 Å². The van der Waals surface area contributed by atoms with Gasteiger partial charge in [-0.1, -0.05) is 11.6 Å². The molecule has 0 aliphatic heterocycles. The summed E-state index contributed by atoms with van der Waals surface area (Å²) in [5, 5.41) is 3.17. The van der Waals surface area contributed by atoms with Crippen molar-refractivity contribution in [2.75, 3.05) is 11.1 Å². The van der Waals surface area contributed by atoms with Crippen molar-refractivity contribution in [2.24, 2.45) is 0 Å². The van der Waals surface area contributed by atoms with Crippen LogP contribution in [0.25, 0.3) is 0 Å². The summed E-state index contributed by atoms with van der Waals surface area (Å²) in [6.45, 7) is 1.85. The summed E-state index contributed by atoms with van der Waals surface area (Å²) in [7, 11) is 0. The average molecular weight is 269 g/mol. The first-order valence-corrected chi connectivity index (χ1v) is 5.62. The zero-order valence-electron chi connectivity index (χ0n) is 9.60. The normalized spacial score (nSPS) is 10.4. The van der Waals surface area contributed by atoms with E-state index >= 15 is 0 Å². The predicted octanol–water partition coefficient (Wildman–Crippen LogP) is 4.25. The van der Waals surface area contributed by atoms with Crippen molar-refractivity contribution in [1.82, 2.24) is 0 Å². The Morgan fingerprint density at radius 3 is 2.28 bits per heavy atom. The fraction of sp³-hybridized carbons (Fsp3) is 0.0769. The minimum atomic E-state index is -0.658. The van der Waals surface area contributed by atoms with Crippen LogP contribution in [-0.4, -0.2) is 0 Å². The van der Waals surface area contributed by atoms with E-state index in [1.807, 2.05) is 6.92 Å². The molecule has 0 atom stereocenters. The average Bonchev–Trinajstić information content (AvgIpc) is 2.23. The van der Waals surface area contributed by atoms with Gasteiger partial charge >= 0.3 is 0 Å². The molecule has 18 heavy (non-hydrogen) atoms. The highest BCUT2D eigenvalue weighted by Crippen LogP contribution is 2.32. The zero-order chi connectivity index (χ0) is 13.3. The van der Waals surface area contributed by atoms with Gasteiger partial charge < -0.3 is 11.1 Å². The maximum atomic E-state index is 13.1. The molecule has 94 valence electrons. The van der Waals surface area contributed by atoms with Crippen LogP contribution in [0.4, 0.5) is 25.8 Å². The Labute approximate surface area is 108 Å². The summed E-state index contributed by atoms with van der Waals surface area (Å²) in [6, 6.07) is 6.63. The van der Waals surface area contributed by atoms with Crippen LogP contribution in [0.3, 0.4) is 0 Å². The Bertz CT molecular complexity index is 580. The fourth-order valence-electron chi connectivity index (χ4n) is 1.67. The smallest absolute Gasteiger partial charge is 0.128 e. The van der Waals surface area contributed by atoms with Crippen molar-refractivity contribution < 1.29 is 8.78 Å². The lowest BCUT2D eigenvalue weighted by Gasteiger charge is -2.11. The molecule has 3 N–H and O–H groups in total. The van der Waals surface area contributed by atoms with Crippen molar-refractivity contribution in [1.29, 1.82) is 0 Å². The van der Waals surface area contributed by atoms with Crippen LogP contribution in [0, 0.1) is 18.6 Å². The molecule has 0 aromatic heterocycles. The Morgan fingerprint density at radius 1 is 1.06 bits per heavy atom. The van der Waals surface area contributed by atoms with Gasteiger partial charge in [0, 0.05) is 11.8 Å². The molecule has 0 amide bonds. The Hall–Kier alpha value is -1.81. The van der Waals surface area contributed by atoms with Crippen molar-refractivity contribution >= 4 is 28.7 Å². The summed E-state index contributed by atoms with van der Waals surface area (Å²) in [5.41, 5.74) is 7.82. The second-order valence-electron chi connectivity index (χ2n) is 4.00. The number of nitrogens with one attached hydrogen (secondary N) is 1. The molecule has 5 heteroatoms. The molecule has 2 aromatic rings. The van der Waals surface area contributed by atoms with Crippen molar-refractivity contribution in [3.05, 3.63) is 52.6 Å². The van der Waals surface area contributed by atoms with Gasteiger partial charge in [0.2, 0.25) is 0 Å². The van der Waals surface area contributed by atoms with Crippen LogP contribution < -0.4 is 11.1 Å². The van der Waals surface area contributed by atoms with E-state index in [1.54, 1.807) is 12.1 Å². The zero-order valence-corrected chi connectivity index (χ0v) is 10.4. The Kier molecular flexibility index (Phi) is 3.39. The third kappa shape index (κ3) is 2.71. The van der Waals surface area contributed by atoms with Gasteiger partial charge in [0.15, 0.2) is 0 Å². The SMILES string of the molecule is Cc1cc(N)c(Cl)c(Nc2cc(F)cc(F)c2)c1. The summed E-state index contributed by atoms with van der Waals surface area (Å²) in [5.74, 6) is -1.32. The monoisotopic (exact) mass is 268 g/mol. The van der Waals surface area contributed by atoms with Crippen LogP contribution in [0.5, 0.6) is 0 Å². The maximum Gasteiger partial charge on any atom is 0.128 e. The fourth-order valence-corrected chi connectivity index (χ4v) is 1.83. The summed E-state index contributed by atoms with van der Waals surface area (Å²) in [4.78, 5) is 0. The predicted molar refractivity (Wildman–Crippen MR) is 70.2 cm³/mol. The molecule has 0 heterocycles. The number of nitrogen functional groups attached to an aromatic ring is 1. The maximum absolute atomic E-state index is 13.1. The van der Waals surface area contributed by atoms with Crippen LogP contribution in [0.1, 0.15) is 5.56 Å². The van der Waals surface area contributed by atoms with Gasteiger partial charge in [0.05, 0.1) is 16.4 Å². The largest absolute Gasteiger partial charge is 0.397 e. The van der Waals surface area contributed by atoms with Gasteiger partial charge in [0.25, 0.3) is 0 Å². The van der Waals surface area contributed by atoms with E-state index in [9.17, 15) is 8.78 Å². The van der Waals surface area contributed by atoms with Gasteiger partial charge in [-0.15, -0.1) is 0 Å². The van der Waals surface area contributed by atoms with E-state index in [0.29, 0.717) is 16.4 Å². The van der Waals surface area contributed by atoms with Gasteiger partial charge in [-0.3, -0.25) is 0 Å². The van der Waals surface area contributed by atoms with Crippen LogP contribution in [0.15, 0.2) is 30.3 Å². The molecule has 0 saturated carbocycles. The number of aryl methyl sites for hydroxylation is 1. The standard InChI is InChI=1S/C13H11ClF2N2/c1-7-2-11(17)13(14)12(3-7)18-10-5-8(15)4-9(16)6-10/h2-6,18H,17H2,1H3. The molecule has 2 aromatic carbocycles. The van der Waals surface area contributed by atoms with Crippen molar-refractivity contribution in [3.63, 3.8) is 0 Å². The summed E-state index contributed by atoms with van der Waals surface area (Å²) < 4.78 is 26.1. The van der Waals surface area contributed by atoms with E-state index in [-0.39, 0.29) is 5.69 Å². The number of hydrogen-bond donors (Lipinski definition) is 2. The van der Waals surface area contributed by atoms with E-state index in [2.05, 4.69) is 5.32 Å². The molecule has 0 unspecified atom stereocenters. The van der Waals surface area contributed by atoms with Gasteiger partial charge in [-0.25, -0.2) is 8.78 Å². The topological polar surface area (TPSA) is 38.0 Å². The first-order chi connectivity index (χ1) is 8.45. The highest BCUT2D eigenvalue weighted by Gasteiger charge is 2.07. The van der Waals surface area contributed by atoms with E-state index in [4.69, 9.17) is 17.3 Å². The van der Waals surface area contributed by atoms with Gasteiger partial charge in [-0.2, -0.15) is 0 Å². The molecule has 2 nitrogen and oxygen atoms in total. The van der Waals surface area contributed by atoms with E-state index in [0.717, 1.165) is 11.6 Å². The minimum Gasteiger partial charge on any atom is -0.397 e. The van der Waals surface area contributed by atoms with Crippen molar-refractivity contribution in [3.8, 4) is 0 Å². The molecule has 0 aliphatic rings. The quantitative estimate of drug-likeness (QED) is 0.799. The highest BCUT2D eigenvalue weighted by atomic mass is 35.5. The third-order valence-electron chi connectivity index (χ3n) is 2.39. The lowest BCUT2D eigenvalue weighted by atomic mass is 10.2. The number of rotatable bonds is 2. The van der Waals surface area contributed by atoms with E-state index in [1.165, 1.54) is 12.1 Å². The van der Waals surface area contributed by atoms with Gasteiger partial charge in [-0.05, 0) is 36.8 Å². The molecular weight excluding hydrogens is 258 g/mol. The molecule has 0 aliphatic carbocycles. The number of halogens is 3. The third-order valence-corrected chi connectivity index (χ3v) is 2.81. The first-order valence-electron chi connectivity index (χ1n) is 5.24. The van der Waals surface area contributed by atoms with Crippen molar-refractivity contribution in [2.45, 2.75) is 6.92 Å². The molecule has 0 radical (unpaired) electrons. The summed E-state index contributed by atoms with van der Waals surface area (Å²) >= 11 is 6.02. The number of hydrogen-bond acceptors (Lipinski definition) is 2. The molecule has 0 bridgehead atoms. The number of anilines is 3. The Morgan fingerprint density at radius 2 is 1.67 bits per heavy atom. The molecule has 2 rings (SSSR count). The first kappa shape index (κ1) is 12.6. The number of nitrogens with two attached hydrogens (primary N) is 1. The summed E-state index contributed by atoms with van der Waals surface area (Å²) in [6.07, 6.45) is 0. The molecule has 0 saturated heterocycles. The van der Waals surface area contributed by atoms with E-state index < -0.39 is 11.6 Å². The van der Waals surface area contributed by atoms with Crippen LogP contribution in [-0.2, 0) is 0 Å². The van der Waals surface area contributed by atoms with Crippen LogP contribution in [0.2, 0.25) is 5.02 Å². The Balaban J connectivity index is 2.39. The minimum absolute atomic E-state index is 0.277. The van der Waals surface area contributed by atoms with Gasteiger partial charge in [0.1, 0.15) is 11.6 Å². The second kappa shape index (κ2) is 4.82. The molecule has 0 spiro atoms. The number of benzene rings is 2. The second-order valence-corrected chi connectivity index (χ2v) is 4.38. The molecular formula is C13H11ClF2N2.